The quantitative estimate of drug-likeness (QED) is 0.745. The topological polar surface area (TPSA) is 67.4 Å². The van der Waals surface area contributed by atoms with Crippen molar-refractivity contribution in [2.24, 2.45) is 7.05 Å². The Balaban J connectivity index is 2.30. The van der Waals surface area contributed by atoms with Gasteiger partial charge in [0.15, 0.2) is 5.82 Å². The van der Waals surface area contributed by atoms with Crippen LogP contribution in [0.5, 0.6) is 0 Å². The lowest BCUT2D eigenvalue weighted by atomic mass is 10.3. The van der Waals surface area contributed by atoms with Crippen LogP contribution in [0.2, 0.25) is 0 Å². The Labute approximate surface area is 101 Å². The molecular weight excluding hydrogens is 218 g/mol. The highest BCUT2D eigenvalue weighted by atomic mass is 16.2. The summed E-state index contributed by atoms with van der Waals surface area (Å²) in [4.78, 5) is 15.6. The second kappa shape index (κ2) is 4.27. The summed E-state index contributed by atoms with van der Waals surface area (Å²) >= 11 is 0. The van der Waals surface area contributed by atoms with E-state index in [9.17, 15) is 4.79 Å². The van der Waals surface area contributed by atoms with E-state index in [1.54, 1.807) is 9.58 Å². The second-order valence-electron chi connectivity index (χ2n) is 4.54. The van der Waals surface area contributed by atoms with Gasteiger partial charge in [0.05, 0.1) is 17.9 Å². The van der Waals surface area contributed by atoms with Gasteiger partial charge in [-0.2, -0.15) is 5.10 Å². The molecule has 17 heavy (non-hydrogen) atoms. The molecule has 6 heteroatoms. The first kappa shape index (κ1) is 11.8. The molecule has 0 bridgehead atoms. The van der Waals surface area contributed by atoms with E-state index in [1.807, 2.05) is 25.9 Å². The summed E-state index contributed by atoms with van der Waals surface area (Å²) in [6.45, 7) is 3.88. The predicted octanol–water partition coefficient (Wildman–Crippen LogP) is -0.0208. The van der Waals surface area contributed by atoms with E-state index < -0.39 is 0 Å². The van der Waals surface area contributed by atoms with Crippen molar-refractivity contribution >= 4 is 17.4 Å². The molecule has 0 spiro atoms. The number of nitrogens with two attached hydrogens (primary N) is 1. The van der Waals surface area contributed by atoms with Crippen molar-refractivity contribution in [2.75, 3.05) is 37.3 Å². The average molecular weight is 237 g/mol. The predicted molar refractivity (Wildman–Crippen MR) is 66.8 cm³/mol. The molecule has 0 radical (unpaired) electrons. The van der Waals surface area contributed by atoms with E-state index in [0.717, 1.165) is 31.0 Å². The SMILES string of the molecule is Cc1nn(C)c(N2CCCN(C)C(=O)C2)c1N. The average Bonchev–Trinajstić information content (AvgIpc) is 2.42. The zero-order valence-electron chi connectivity index (χ0n) is 10.6. The van der Waals surface area contributed by atoms with E-state index in [-0.39, 0.29) is 5.91 Å². The molecule has 1 amide bonds. The second-order valence-corrected chi connectivity index (χ2v) is 4.54. The molecule has 2 N–H and O–H groups in total. The van der Waals surface area contributed by atoms with Crippen molar-refractivity contribution in [3.63, 3.8) is 0 Å². The fraction of sp³-hybridized carbons (Fsp3) is 0.636. The van der Waals surface area contributed by atoms with Crippen LogP contribution >= 0.6 is 0 Å². The Morgan fingerprint density at radius 2 is 2.00 bits per heavy atom. The van der Waals surface area contributed by atoms with Crippen molar-refractivity contribution in [3.05, 3.63) is 5.69 Å². The normalized spacial score (nSPS) is 17.5. The Bertz CT molecular complexity index is 439. The number of aryl methyl sites for hydroxylation is 2. The third-order valence-corrected chi connectivity index (χ3v) is 3.21. The Kier molecular flexibility index (Phi) is 2.95. The molecule has 6 nitrogen and oxygen atoms in total. The van der Waals surface area contributed by atoms with Crippen LogP contribution in [-0.4, -0.2) is 47.3 Å². The zero-order chi connectivity index (χ0) is 12.6. The fourth-order valence-electron chi connectivity index (χ4n) is 2.20. The Morgan fingerprint density at radius 3 is 2.59 bits per heavy atom. The number of amides is 1. The number of aromatic nitrogens is 2. The number of hydrogen-bond donors (Lipinski definition) is 1. The highest BCUT2D eigenvalue weighted by Crippen LogP contribution is 2.26. The van der Waals surface area contributed by atoms with Crippen molar-refractivity contribution in [1.29, 1.82) is 0 Å². The molecule has 1 saturated heterocycles. The molecule has 2 heterocycles. The van der Waals surface area contributed by atoms with Crippen LogP contribution in [0.3, 0.4) is 0 Å². The lowest BCUT2D eigenvalue weighted by molar-refractivity contribution is -0.127. The number of nitrogen functional groups attached to an aromatic ring is 1. The molecule has 1 fully saturated rings. The van der Waals surface area contributed by atoms with Gasteiger partial charge in [-0.15, -0.1) is 0 Å². The van der Waals surface area contributed by atoms with E-state index in [0.29, 0.717) is 12.2 Å². The molecule has 0 aromatic carbocycles. The van der Waals surface area contributed by atoms with E-state index in [4.69, 9.17) is 5.73 Å². The van der Waals surface area contributed by atoms with Crippen molar-refractivity contribution in [2.45, 2.75) is 13.3 Å². The van der Waals surface area contributed by atoms with Gasteiger partial charge in [0.25, 0.3) is 0 Å². The summed E-state index contributed by atoms with van der Waals surface area (Å²) < 4.78 is 1.75. The lowest BCUT2D eigenvalue weighted by Crippen LogP contribution is -2.35. The molecule has 1 aromatic rings. The van der Waals surface area contributed by atoms with Gasteiger partial charge >= 0.3 is 0 Å². The number of carbonyl (C=O) groups excluding carboxylic acids is 1. The van der Waals surface area contributed by atoms with Gasteiger partial charge in [0, 0.05) is 27.2 Å². The fourth-order valence-corrected chi connectivity index (χ4v) is 2.20. The van der Waals surface area contributed by atoms with Gasteiger partial charge in [-0.25, -0.2) is 0 Å². The Morgan fingerprint density at radius 1 is 1.29 bits per heavy atom. The zero-order valence-corrected chi connectivity index (χ0v) is 10.6. The molecule has 2 rings (SSSR count). The minimum absolute atomic E-state index is 0.126. The van der Waals surface area contributed by atoms with E-state index in [2.05, 4.69) is 5.10 Å². The highest BCUT2D eigenvalue weighted by molar-refractivity contribution is 5.83. The third kappa shape index (κ3) is 2.07. The maximum Gasteiger partial charge on any atom is 0.241 e. The van der Waals surface area contributed by atoms with Crippen LogP contribution in [0.1, 0.15) is 12.1 Å². The standard InChI is InChI=1S/C11H19N5O/c1-8-10(12)11(15(3)13-8)16-6-4-5-14(2)9(17)7-16/h4-7,12H2,1-3H3. The third-order valence-electron chi connectivity index (χ3n) is 3.21. The van der Waals surface area contributed by atoms with Crippen LogP contribution in [0, 0.1) is 6.92 Å². The summed E-state index contributed by atoms with van der Waals surface area (Å²) in [5.41, 5.74) is 7.50. The summed E-state index contributed by atoms with van der Waals surface area (Å²) in [5.74, 6) is 0.979. The molecule has 0 unspecified atom stereocenters. The van der Waals surface area contributed by atoms with Crippen LogP contribution < -0.4 is 10.6 Å². The van der Waals surface area contributed by atoms with Crippen LogP contribution in [-0.2, 0) is 11.8 Å². The molecule has 0 aliphatic carbocycles. The van der Waals surface area contributed by atoms with Crippen molar-refractivity contribution in [3.8, 4) is 0 Å². The number of rotatable bonds is 1. The van der Waals surface area contributed by atoms with Gasteiger partial charge in [-0.3, -0.25) is 9.48 Å². The summed E-state index contributed by atoms with van der Waals surface area (Å²) in [7, 11) is 3.70. The molecule has 0 saturated carbocycles. The number of carbonyl (C=O) groups is 1. The van der Waals surface area contributed by atoms with Crippen molar-refractivity contribution < 1.29 is 4.79 Å². The van der Waals surface area contributed by atoms with E-state index in [1.165, 1.54) is 0 Å². The molecular formula is C11H19N5O. The van der Waals surface area contributed by atoms with Crippen LogP contribution in [0.15, 0.2) is 0 Å². The molecule has 1 aromatic heterocycles. The first-order valence-electron chi connectivity index (χ1n) is 5.78. The monoisotopic (exact) mass is 237 g/mol. The molecule has 1 aliphatic rings. The molecule has 94 valence electrons. The van der Waals surface area contributed by atoms with Gasteiger partial charge in [0.2, 0.25) is 5.91 Å². The maximum atomic E-state index is 11.8. The van der Waals surface area contributed by atoms with Crippen LogP contribution in [0.4, 0.5) is 11.5 Å². The largest absolute Gasteiger partial charge is 0.394 e. The summed E-state index contributed by atoms with van der Waals surface area (Å²) in [5, 5.41) is 4.29. The summed E-state index contributed by atoms with van der Waals surface area (Å²) in [6, 6.07) is 0. The van der Waals surface area contributed by atoms with Gasteiger partial charge in [0.1, 0.15) is 0 Å². The number of nitrogens with zero attached hydrogens (tertiary/aromatic N) is 4. The molecule has 1 aliphatic heterocycles. The maximum absolute atomic E-state index is 11.8. The number of anilines is 2. The number of likely N-dealkylation sites (N-methyl/N-ethyl adjacent to an activating group) is 1. The van der Waals surface area contributed by atoms with Gasteiger partial charge < -0.3 is 15.5 Å². The van der Waals surface area contributed by atoms with Crippen molar-refractivity contribution in [1.82, 2.24) is 14.7 Å². The van der Waals surface area contributed by atoms with Crippen LogP contribution in [0.25, 0.3) is 0 Å². The van der Waals surface area contributed by atoms with Gasteiger partial charge in [-0.1, -0.05) is 0 Å². The smallest absolute Gasteiger partial charge is 0.241 e. The lowest BCUT2D eigenvalue weighted by Gasteiger charge is -2.22. The van der Waals surface area contributed by atoms with E-state index >= 15 is 0 Å². The minimum Gasteiger partial charge on any atom is -0.394 e. The number of hydrogen-bond acceptors (Lipinski definition) is 4. The summed E-state index contributed by atoms with van der Waals surface area (Å²) in [6.07, 6.45) is 0.950. The minimum atomic E-state index is 0.126. The first-order valence-corrected chi connectivity index (χ1v) is 5.78. The molecule has 0 atom stereocenters. The Hall–Kier alpha value is -1.72. The highest BCUT2D eigenvalue weighted by Gasteiger charge is 2.23. The first-order chi connectivity index (χ1) is 8.00. The van der Waals surface area contributed by atoms with Gasteiger partial charge in [-0.05, 0) is 13.3 Å².